The number of hydrogen-bond donors (Lipinski definition) is 2. The molecule has 1 aromatic carbocycles. The number of nitrogens with zero attached hydrogens (tertiary/aromatic N) is 4. The van der Waals surface area contributed by atoms with Gasteiger partial charge in [0.05, 0.1) is 24.6 Å². The minimum absolute atomic E-state index is 0.0545. The number of imidazole rings is 1. The molecule has 3 rings (SSSR count). The molecule has 1 amide bonds. The van der Waals surface area contributed by atoms with Crippen molar-refractivity contribution >= 4 is 17.1 Å². The molecule has 0 radical (unpaired) electrons. The van der Waals surface area contributed by atoms with Gasteiger partial charge in [-0.25, -0.2) is 9.97 Å². The fourth-order valence-electron chi connectivity index (χ4n) is 2.80. The van der Waals surface area contributed by atoms with E-state index >= 15 is 0 Å². The second-order valence-electron chi connectivity index (χ2n) is 6.26. The van der Waals surface area contributed by atoms with Crippen LogP contribution in [0.25, 0.3) is 11.2 Å². The molecule has 2 aromatic heterocycles. The maximum Gasteiger partial charge on any atom is 0.255 e. The maximum atomic E-state index is 12.4. The molecule has 1 unspecified atom stereocenters. The van der Waals surface area contributed by atoms with Crippen molar-refractivity contribution in [2.24, 2.45) is 0 Å². The summed E-state index contributed by atoms with van der Waals surface area (Å²) >= 11 is 0. The fourth-order valence-corrected chi connectivity index (χ4v) is 2.80. The Labute approximate surface area is 151 Å². The fraction of sp³-hybridized carbons (Fsp3) is 0.316. The number of fused-ring (bicyclic) bond motifs is 1. The van der Waals surface area contributed by atoms with Gasteiger partial charge in [-0.05, 0) is 18.1 Å². The van der Waals surface area contributed by atoms with Gasteiger partial charge >= 0.3 is 0 Å². The number of carbonyl (C=O) groups excluding carboxylic acids is 1. The van der Waals surface area contributed by atoms with Crippen molar-refractivity contribution in [3.05, 3.63) is 60.0 Å². The van der Waals surface area contributed by atoms with E-state index in [0.29, 0.717) is 11.1 Å². The number of pyridine rings is 1. The summed E-state index contributed by atoms with van der Waals surface area (Å²) < 4.78 is 1.97. The highest BCUT2D eigenvalue weighted by atomic mass is 16.3. The van der Waals surface area contributed by atoms with Crippen LogP contribution in [-0.4, -0.2) is 61.9 Å². The third kappa shape index (κ3) is 4.07. The lowest BCUT2D eigenvalue weighted by Crippen LogP contribution is -2.35. The van der Waals surface area contributed by atoms with Gasteiger partial charge in [0, 0.05) is 26.3 Å². The van der Waals surface area contributed by atoms with E-state index in [1.54, 1.807) is 19.4 Å². The summed E-state index contributed by atoms with van der Waals surface area (Å²) in [6.45, 7) is 0.420. The smallest absolute Gasteiger partial charge is 0.255 e. The number of rotatable bonds is 7. The van der Waals surface area contributed by atoms with Crippen LogP contribution in [0.15, 0.2) is 48.9 Å². The molecule has 136 valence electrons. The maximum absolute atomic E-state index is 12.4. The first kappa shape index (κ1) is 18.0. The lowest BCUT2D eigenvalue weighted by molar-refractivity contribution is 0.0520. The summed E-state index contributed by atoms with van der Waals surface area (Å²) in [5.41, 5.74) is 3.03. The van der Waals surface area contributed by atoms with Crippen LogP contribution in [0.3, 0.4) is 0 Å². The van der Waals surface area contributed by atoms with Crippen molar-refractivity contribution in [1.29, 1.82) is 0 Å². The van der Waals surface area contributed by atoms with E-state index in [9.17, 15) is 9.90 Å². The van der Waals surface area contributed by atoms with Crippen molar-refractivity contribution < 1.29 is 15.0 Å². The van der Waals surface area contributed by atoms with E-state index in [0.717, 1.165) is 18.6 Å². The number of likely N-dealkylation sites (N-methyl/N-ethyl adjacent to an activating group) is 1. The molecule has 0 saturated carbocycles. The van der Waals surface area contributed by atoms with E-state index in [1.807, 2.05) is 22.8 Å². The van der Waals surface area contributed by atoms with Gasteiger partial charge in [-0.1, -0.05) is 30.3 Å². The van der Waals surface area contributed by atoms with Crippen molar-refractivity contribution in [1.82, 2.24) is 19.4 Å². The summed E-state index contributed by atoms with van der Waals surface area (Å²) in [5, 5.41) is 18.4. The first-order valence-corrected chi connectivity index (χ1v) is 8.47. The standard InChI is InChI=1S/C19H22N4O3/c1-22(11-16(25)12-24)19(26)15-9-17-18(20-10-15)23(13-21-17)8-7-14-5-3-2-4-6-14/h2-6,9-10,13,16,24-25H,7-8,11-12H2,1H3. The molecule has 2 N–H and O–H groups in total. The lowest BCUT2D eigenvalue weighted by Gasteiger charge is -2.19. The number of carbonyl (C=O) groups is 1. The third-order valence-corrected chi connectivity index (χ3v) is 4.23. The molecule has 0 aliphatic carbocycles. The Hall–Kier alpha value is -2.77. The molecule has 7 heteroatoms. The molecule has 2 heterocycles. The molecule has 3 aromatic rings. The largest absolute Gasteiger partial charge is 0.394 e. The van der Waals surface area contributed by atoms with Crippen LogP contribution in [0.2, 0.25) is 0 Å². The van der Waals surface area contributed by atoms with Gasteiger partial charge in [-0.3, -0.25) is 4.79 Å². The molecular formula is C19H22N4O3. The van der Waals surface area contributed by atoms with E-state index in [2.05, 4.69) is 22.1 Å². The van der Waals surface area contributed by atoms with Gasteiger partial charge in [0.15, 0.2) is 5.65 Å². The monoisotopic (exact) mass is 354 g/mol. The van der Waals surface area contributed by atoms with E-state index in [-0.39, 0.29) is 19.1 Å². The molecule has 1 atom stereocenters. The average molecular weight is 354 g/mol. The Balaban J connectivity index is 1.73. The predicted octanol–water partition coefficient (Wildman–Crippen LogP) is 1.10. The van der Waals surface area contributed by atoms with E-state index < -0.39 is 6.10 Å². The molecule has 0 fully saturated rings. The summed E-state index contributed by atoms with van der Waals surface area (Å²) in [6.07, 6.45) is 3.16. The van der Waals surface area contributed by atoms with Gasteiger partial charge in [0.25, 0.3) is 5.91 Å². The Bertz CT molecular complexity index is 879. The second-order valence-corrected chi connectivity index (χ2v) is 6.26. The predicted molar refractivity (Wildman–Crippen MR) is 97.7 cm³/mol. The van der Waals surface area contributed by atoms with Gasteiger partial charge in [-0.15, -0.1) is 0 Å². The van der Waals surface area contributed by atoms with Crippen LogP contribution in [0.4, 0.5) is 0 Å². The summed E-state index contributed by atoms with van der Waals surface area (Å²) in [4.78, 5) is 22.5. The van der Waals surface area contributed by atoms with E-state index in [1.165, 1.54) is 16.7 Å². The number of hydrogen-bond acceptors (Lipinski definition) is 5. The number of amides is 1. The van der Waals surface area contributed by atoms with Crippen LogP contribution < -0.4 is 0 Å². The molecule has 0 saturated heterocycles. The highest BCUT2D eigenvalue weighted by Gasteiger charge is 2.17. The summed E-state index contributed by atoms with van der Waals surface area (Å²) in [5.74, 6) is -0.272. The molecule has 7 nitrogen and oxygen atoms in total. The van der Waals surface area contributed by atoms with Gasteiger partial charge in [0.2, 0.25) is 0 Å². The highest BCUT2D eigenvalue weighted by molar-refractivity contribution is 5.96. The molecule has 0 spiro atoms. The SMILES string of the molecule is CN(CC(O)CO)C(=O)c1cnc2c(c1)ncn2CCc1ccccc1. The van der Waals surface area contributed by atoms with Crippen LogP contribution in [0.1, 0.15) is 15.9 Å². The van der Waals surface area contributed by atoms with Crippen LogP contribution >= 0.6 is 0 Å². The third-order valence-electron chi connectivity index (χ3n) is 4.23. The van der Waals surface area contributed by atoms with Crippen LogP contribution in [0, 0.1) is 0 Å². The minimum atomic E-state index is -0.960. The Morgan fingerprint density at radius 2 is 2.04 bits per heavy atom. The van der Waals surface area contributed by atoms with Crippen molar-refractivity contribution in [2.75, 3.05) is 20.2 Å². The average Bonchev–Trinajstić information content (AvgIpc) is 3.08. The van der Waals surface area contributed by atoms with Crippen molar-refractivity contribution in [3.8, 4) is 0 Å². The van der Waals surface area contributed by atoms with Crippen molar-refractivity contribution in [2.45, 2.75) is 19.1 Å². The lowest BCUT2D eigenvalue weighted by atomic mass is 10.1. The van der Waals surface area contributed by atoms with Crippen LogP contribution in [-0.2, 0) is 13.0 Å². The molecular weight excluding hydrogens is 332 g/mol. The Morgan fingerprint density at radius 3 is 2.77 bits per heavy atom. The highest BCUT2D eigenvalue weighted by Crippen LogP contribution is 2.14. The molecule has 26 heavy (non-hydrogen) atoms. The first-order valence-electron chi connectivity index (χ1n) is 8.47. The number of aromatic nitrogens is 3. The molecule has 0 aliphatic rings. The van der Waals surface area contributed by atoms with Gasteiger partial charge < -0.3 is 19.7 Å². The van der Waals surface area contributed by atoms with E-state index in [4.69, 9.17) is 5.11 Å². The Morgan fingerprint density at radius 1 is 1.27 bits per heavy atom. The number of benzene rings is 1. The topological polar surface area (TPSA) is 91.5 Å². The quantitative estimate of drug-likeness (QED) is 0.663. The zero-order valence-electron chi connectivity index (χ0n) is 14.6. The zero-order chi connectivity index (χ0) is 18.5. The van der Waals surface area contributed by atoms with Gasteiger partial charge in [-0.2, -0.15) is 0 Å². The summed E-state index contributed by atoms with van der Waals surface area (Å²) in [6, 6.07) is 11.9. The summed E-state index contributed by atoms with van der Waals surface area (Å²) in [7, 11) is 1.57. The molecule has 0 aliphatic heterocycles. The minimum Gasteiger partial charge on any atom is -0.394 e. The number of aliphatic hydroxyl groups excluding tert-OH is 2. The van der Waals surface area contributed by atoms with Gasteiger partial charge in [0.1, 0.15) is 5.52 Å². The zero-order valence-corrected chi connectivity index (χ0v) is 14.6. The van der Waals surface area contributed by atoms with Crippen molar-refractivity contribution in [3.63, 3.8) is 0 Å². The molecule has 0 bridgehead atoms. The Kier molecular flexibility index (Phi) is 5.60. The number of aliphatic hydroxyl groups is 2. The normalized spacial score (nSPS) is 12.3. The second kappa shape index (κ2) is 8.07. The van der Waals surface area contributed by atoms with Crippen LogP contribution in [0.5, 0.6) is 0 Å². The number of aryl methyl sites for hydroxylation is 2. The first-order chi connectivity index (χ1) is 12.6.